The summed E-state index contributed by atoms with van der Waals surface area (Å²) < 4.78 is 7.93. The average molecular weight is 604 g/mol. The molecule has 0 aromatic heterocycles. The van der Waals surface area contributed by atoms with E-state index in [0.717, 1.165) is 22.2 Å². The minimum atomic E-state index is -0.513. The first-order chi connectivity index (χ1) is 11.5. The van der Waals surface area contributed by atoms with Gasteiger partial charge >= 0.3 is 0 Å². The predicted octanol–water partition coefficient (Wildman–Crippen LogP) is 6.29. The Kier molecular flexibility index (Phi) is 7.27. The van der Waals surface area contributed by atoms with Gasteiger partial charge in [-0.15, -0.1) is 0 Å². The van der Waals surface area contributed by atoms with E-state index in [1.54, 1.807) is 6.92 Å². The van der Waals surface area contributed by atoms with Crippen LogP contribution < -0.4 is 0 Å². The van der Waals surface area contributed by atoms with E-state index in [0.29, 0.717) is 8.95 Å². The van der Waals surface area contributed by atoms with Crippen molar-refractivity contribution >= 4 is 63.7 Å². The molecule has 2 unspecified atom stereocenters. The minimum Gasteiger partial charge on any atom is -0.506 e. The third-order valence-corrected chi connectivity index (χ3v) is 6.81. The van der Waals surface area contributed by atoms with Gasteiger partial charge in [0.25, 0.3) is 0 Å². The van der Waals surface area contributed by atoms with Crippen molar-refractivity contribution in [3.05, 3.63) is 48.5 Å². The molecule has 1 aromatic carbocycles. The number of allylic oxidation sites excluding steroid dienone is 4. The lowest BCUT2D eigenvalue weighted by Crippen LogP contribution is -2.26. The molecule has 3 nitrogen and oxygen atoms in total. The van der Waals surface area contributed by atoms with E-state index in [2.05, 4.69) is 83.6 Å². The SMILES string of the molecule is CC(O)COC1=C(Br)C=C(C(C)(C)c2cc(Br)c(O)c(Br)c2)CC1Br. The van der Waals surface area contributed by atoms with E-state index in [-0.39, 0.29) is 22.6 Å². The predicted molar refractivity (Wildman–Crippen MR) is 116 cm³/mol. The van der Waals surface area contributed by atoms with Gasteiger partial charge in [0.05, 0.1) is 24.4 Å². The zero-order valence-electron chi connectivity index (χ0n) is 14.1. The Balaban J connectivity index is 2.38. The number of rotatable bonds is 5. The van der Waals surface area contributed by atoms with Gasteiger partial charge in [0, 0.05) is 5.41 Å². The molecule has 0 fully saturated rings. The molecule has 0 amide bonds. The number of hydrogen-bond donors (Lipinski definition) is 2. The van der Waals surface area contributed by atoms with Gasteiger partial charge in [0.1, 0.15) is 18.1 Å². The average Bonchev–Trinajstić information content (AvgIpc) is 2.50. The lowest BCUT2D eigenvalue weighted by molar-refractivity contribution is 0.0808. The molecule has 138 valence electrons. The molecule has 0 aliphatic heterocycles. The number of halogens is 4. The Morgan fingerprint density at radius 2 is 1.80 bits per heavy atom. The maximum Gasteiger partial charge on any atom is 0.143 e. The van der Waals surface area contributed by atoms with Gasteiger partial charge in [-0.1, -0.05) is 35.4 Å². The Labute approximate surface area is 182 Å². The molecule has 2 N–H and O–H groups in total. The Morgan fingerprint density at radius 3 is 2.28 bits per heavy atom. The molecule has 0 spiro atoms. The highest BCUT2D eigenvalue weighted by molar-refractivity contribution is 9.12. The Bertz CT molecular complexity index is 700. The van der Waals surface area contributed by atoms with Crippen molar-refractivity contribution in [3.63, 3.8) is 0 Å². The van der Waals surface area contributed by atoms with E-state index in [9.17, 15) is 10.2 Å². The summed E-state index contributed by atoms with van der Waals surface area (Å²) in [6.07, 6.45) is 2.36. The van der Waals surface area contributed by atoms with Crippen molar-refractivity contribution in [1.82, 2.24) is 0 Å². The number of aliphatic hydroxyl groups excluding tert-OH is 1. The van der Waals surface area contributed by atoms with Gasteiger partial charge < -0.3 is 14.9 Å². The summed E-state index contributed by atoms with van der Waals surface area (Å²) in [6, 6.07) is 3.89. The first-order valence-electron chi connectivity index (χ1n) is 7.78. The number of alkyl halides is 1. The fourth-order valence-electron chi connectivity index (χ4n) is 2.64. The van der Waals surface area contributed by atoms with Crippen LogP contribution in [0.1, 0.15) is 32.8 Å². The fraction of sp³-hybridized carbons (Fsp3) is 0.444. The van der Waals surface area contributed by atoms with Crippen molar-refractivity contribution in [2.75, 3.05) is 6.61 Å². The highest BCUT2D eigenvalue weighted by Gasteiger charge is 2.33. The summed E-state index contributed by atoms with van der Waals surface area (Å²) in [4.78, 5) is 0.0314. The molecule has 0 saturated heterocycles. The number of benzene rings is 1. The second-order valence-corrected chi connectivity index (χ2v) is 10.3. The van der Waals surface area contributed by atoms with Crippen LogP contribution in [0.3, 0.4) is 0 Å². The smallest absolute Gasteiger partial charge is 0.143 e. The first-order valence-corrected chi connectivity index (χ1v) is 11.1. The molecule has 25 heavy (non-hydrogen) atoms. The molecule has 0 bridgehead atoms. The van der Waals surface area contributed by atoms with Crippen molar-refractivity contribution in [2.24, 2.45) is 0 Å². The topological polar surface area (TPSA) is 49.7 Å². The fourth-order valence-corrected chi connectivity index (χ4v) is 5.52. The molecule has 1 aliphatic carbocycles. The quantitative estimate of drug-likeness (QED) is 0.389. The van der Waals surface area contributed by atoms with Crippen LogP contribution >= 0.6 is 63.7 Å². The minimum absolute atomic E-state index is 0.0314. The molecule has 7 heteroatoms. The molecule has 2 rings (SSSR count). The maximum absolute atomic E-state index is 9.96. The lowest BCUT2D eigenvalue weighted by atomic mass is 9.74. The van der Waals surface area contributed by atoms with E-state index < -0.39 is 6.10 Å². The normalized spacial score (nSPS) is 19.7. The van der Waals surface area contributed by atoms with Crippen molar-refractivity contribution in [1.29, 1.82) is 0 Å². The van der Waals surface area contributed by atoms with E-state index in [1.165, 1.54) is 5.57 Å². The number of hydrogen-bond acceptors (Lipinski definition) is 3. The van der Waals surface area contributed by atoms with Crippen LogP contribution in [0.4, 0.5) is 0 Å². The largest absolute Gasteiger partial charge is 0.506 e. The van der Waals surface area contributed by atoms with Crippen LogP contribution in [0.2, 0.25) is 0 Å². The maximum atomic E-state index is 9.96. The molecule has 2 atom stereocenters. The van der Waals surface area contributed by atoms with Crippen LogP contribution in [0.5, 0.6) is 5.75 Å². The van der Waals surface area contributed by atoms with E-state index in [4.69, 9.17) is 4.74 Å². The zero-order valence-corrected chi connectivity index (χ0v) is 20.5. The standard InChI is InChI=1S/C18H20Br4O3/c1-9(23)8-25-17-14(21)6-11(7-15(17)22)18(2,3)10-4-12(19)16(24)13(20)5-10/h4-6,9,15,23-24H,7-8H2,1-3H3. The first kappa shape index (κ1) is 21.5. The van der Waals surface area contributed by atoms with Crippen LogP contribution in [0, 0.1) is 0 Å². The van der Waals surface area contributed by atoms with Gasteiger partial charge in [0.15, 0.2) is 0 Å². The van der Waals surface area contributed by atoms with Crippen molar-refractivity contribution in [3.8, 4) is 5.75 Å². The second-order valence-electron chi connectivity index (χ2n) is 6.63. The van der Waals surface area contributed by atoms with Crippen LogP contribution in [-0.4, -0.2) is 27.8 Å². The number of phenols is 1. The molecular formula is C18H20Br4O3. The molecule has 0 heterocycles. The van der Waals surface area contributed by atoms with Crippen LogP contribution in [0.25, 0.3) is 0 Å². The summed E-state index contributed by atoms with van der Waals surface area (Å²) >= 11 is 14.1. The number of aromatic hydroxyl groups is 1. The number of ether oxygens (including phenoxy) is 1. The van der Waals surface area contributed by atoms with Crippen LogP contribution in [0.15, 0.2) is 43.0 Å². The summed E-state index contributed by atoms with van der Waals surface area (Å²) in [6.45, 7) is 6.28. The molecule has 0 saturated carbocycles. The van der Waals surface area contributed by atoms with Gasteiger partial charge in [-0.2, -0.15) is 0 Å². The summed E-state index contributed by atoms with van der Waals surface area (Å²) in [7, 11) is 0. The second kappa shape index (κ2) is 8.46. The van der Waals surface area contributed by atoms with Crippen molar-refractivity contribution < 1.29 is 14.9 Å². The van der Waals surface area contributed by atoms with E-state index >= 15 is 0 Å². The number of aliphatic hydroxyl groups is 1. The zero-order chi connectivity index (χ0) is 18.9. The van der Waals surface area contributed by atoms with Gasteiger partial charge in [0.2, 0.25) is 0 Å². The van der Waals surface area contributed by atoms with Crippen molar-refractivity contribution in [2.45, 2.75) is 43.5 Å². The van der Waals surface area contributed by atoms with Crippen LogP contribution in [-0.2, 0) is 10.2 Å². The number of phenolic OH excluding ortho intramolecular Hbond substituents is 1. The monoisotopic (exact) mass is 600 g/mol. The molecule has 1 aliphatic rings. The highest BCUT2D eigenvalue weighted by Crippen LogP contribution is 2.45. The molecule has 1 aromatic rings. The van der Waals surface area contributed by atoms with Gasteiger partial charge in [-0.05, 0) is 84.9 Å². The van der Waals surface area contributed by atoms with Gasteiger partial charge in [-0.3, -0.25) is 0 Å². The summed E-state index contributed by atoms with van der Waals surface area (Å²) in [5.41, 5.74) is 2.08. The lowest BCUT2D eigenvalue weighted by Gasteiger charge is -2.34. The molecule has 0 radical (unpaired) electrons. The van der Waals surface area contributed by atoms with Gasteiger partial charge in [-0.25, -0.2) is 0 Å². The summed E-state index contributed by atoms with van der Waals surface area (Å²) in [5.74, 6) is 0.999. The Hall–Kier alpha value is 0.180. The highest BCUT2D eigenvalue weighted by atomic mass is 79.9. The van der Waals surface area contributed by atoms with E-state index in [1.807, 2.05) is 12.1 Å². The molecular weight excluding hydrogens is 584 g/mol. The third kappa shape index (κ3) is 4.92. The third-order valence-electron chi connectivity index (χ3n) is 4.24. The Morgan fingerprint density at radius 1 is 1.24 bits per heavy atom. The summed E-state index contributed by atoms with van der Waals surface area (Å²) in [5, 5.41) is 19.4.